The number of ketones is 1. The first-order chi connectivity index (χ1) is 9.50. The van der Waals surface area contributed by atoms with E-state index in [1.54, 1.807) is 26.0 Å². The second kappa shape index (κ2) is 5.61. The van der Waals surface area contributed by atoms with Crippen LogP contribution in [0.15, 0.2) is 36.5 Å². The highest BCUT2D eigenvalue weighted by atomic mass is 16.4. The molecule has 0 radical (unpaired) electrons. The van der Waals surface area contributed by atoms with Gasteiger partial charge in [-0.3, -0.25) is 4.79 Å². The topological polar surface area (TPSA) is 80.2 Å². The second-order valence-corrected chi connectivity index (χ2v) is 4.65. The number of carboxylic acid groups (broad SMARTS) is 1. The Bertz CT molecular complexity index is 651. The number of carbonyl (C=O) groups is 2. The van der Waals surface area contributed by atoms with E-state index in [1.807, 2.05) is 18.2 Å². The molecule has 2 rings (SSSR count). The minimum atomic E-state index is -1.23. The van der Waals surface area contributed by atoms with E-state index in [0.29, 0.717) is 11.4 Å². The average Bonchev–Trinajstić information content (AvgIpc) is 2.46. The number of aromatic nitrogens is 2. The molecule has 0 bridgehead atoms. The third-order valence-electron chi connectivity index (χ3n) is 2.81. The van der Waals surface area contributed by atoms with Gasteiger partial charge in [-0.2, -0.15) is 0 Å². The van der Waals surface area contributed by atoms with Gasteiger partial charge >= 0.3 is 5.97 Å². The van der Waals surface area contributed by atoms with Crippen LogP contribution in [0.1, 0.15) is 34.7 Å². The molecule has 5 nitrogen and oxygen atoms in total. The molecule has 0 amide bonds. The molecule has 1 aromatic carbocycles. The summed E-state index contributed by atoms with van der Waals surface area (Å²) in [7, 11) is 0. The van der Waals surface area contributed by atoms with Crippen LogP contribution >= 0.6 is 0 Å². The van der Waals surface area contributed by atoms with Crippen LogP contribution in [0, 0.1) is 5.92 Å². The molecule has 5 heteroatoms. The van der Waals surface area contributed by atoms with Crippen molar-refractivity contribution in [3.05, 3.63) is 47.8 Å². The van der Waals surface area contributed by atoms with Gasteiger partial charge in [0.25, 0.3) is 0 Å². The standard InChI is InChI=1S/C15H14N2O3/c1-9(2)13(18)11-8-16-14(17-12(11)15(19)20)10-6-4-3-5-7-10/h3-9H,1-2H3,(H,19,20). The molecule has 1 heterocycles. The number of hydrogen-bond donors (Lipinski definition) is 1. The first kappa shape index (κ1) is 13.9. The minimum Gasteiger partial charge on any atom is -0.476 e. The van der Waals surface area contributed by atoms with Crippen LogP contribution in [0.4, 0.5) is 0 Å². The van der Waals surface area contributed by atoms with Crippen LogP contribution < -0.4 is 0 Å². The first-order valence-corrected chi connectivity index (χ1v) is 6.20. The zero-order chi connectivity index (χ0) is 14.7. The van der Waals surface area contributed by atoms with Crippen LogP contribution in [-0.4, -0.2) is 26.8 Å². The number of carbonyl (C=O) groups excluding carboxylic acids is 1. The Morgan fingerprint density at radius 2 is 1.80 bits per heavy atom. The summed E-state index contributed by atoms with van der Waals surface area (Å²) in [6.07, 6.45) is 1.29. The molecule has 0 fully saturated rings. The third-order valence-corrected chi connectivity index (χ3v) is 2.81. The van der Waals surface area contributed by atoms with E-state index in [4.69, 9.17) is 0 Å². The fourth-order valence-electron chi connectivity index (χ4n) is 1.76. The van der Waals surface area contributed by atoms with E-state index >= 15 is 0 Å². The summed E-state index contributed by atoms with van der Waals surface area (Å²) in [5.74, 6) is -1.52. The summed E-state index contributed by atoms with van der Waals surface area (Å²) >= 11 is 0. The van der Waals surface area contributed by atoms with Gasteiger partial charge in [0.05, 0.1) is 5.56 Å². The van der Waals surface area contributed by atoms with Gasteiger partial charge in [0.15, 0.2) is 17.3 Å². The zero-order valence-electron chi connectivity index (χ0n) is 11.2. The Labute approximate surface area is 116 Å². The van der Waals surface area contributed by atoms with Crippen molar-refractivity contribution in [1.29, 1.82) is 0 Å². The van der Waals surface area contributed by atoms with Crippen molar-refractivity contribution in [2.75, 3.05) is 0 Å². The third kappa shape index (κ3) is 2.71. The molecular formula is C15H14N2O3. The summed E-state index contributed by atoms with van der Waals surface area (Å²) in [5.41, 5.74) is 0.503. The number of hydrogen-bond acceptors (Lipinski definition) is 4. The van der Waals surface area contributed by atoms with Crippen molar-refractivity contribution < 1.29 is 14.7 Å². The van der Waals surface area contributed by atoms with Crippen LogP contribution in [0.2, 0.25) is 0 Å². The van der Waals surface area contributed by atoms with E-state index in [0.717, 1.165) is 0 Å². The minimum absolute atomic E-state index is 0.0483. The van der Waals surface area contributed by atoms with Gasteiger partial charge in [-0.1, -0.05) is 44.2 Å². The molecule has 1 N–H and O–H groups in total. The van der Waals surface area contributed by atoms with Gasteiger partial charge in [-0.05, 0) is 0 Å². The summed E-state index contributed by atoms with van der Waals surface area (Å²) in [5, 5.41) is 9.23. The molecular weight excluding hydrogens is 256 g/mol. The monoisotopic (exact) mass is 270 g/mol. The molecule has 0 saturated heterocycles. The molecule has 0 aliphatic rings. The fourth-order valence-corrected chi connectivity index (χ4v) is 1.76. The maximum atomic E-state index is 12.0. The smallest absolute Gasteiger partial charge is 0.355 e. The van der Waals surface area contributed by atoms with Gasteiger partial charge < -0.3 is 5.11 Å². The van der Waals surface area contributed by atoms with Crippen LogP contribution in [0.25, 0.3) is 11.4 Å². The highest BCUT2D eigenvalue weighted by Gasteiger charge is 2.22. The lowest BCUT2D eigenvalue weighted by molar-refractivity contribution is 0.0684. The van der Waals surface area contributed by atoms with Crippen molar-refractivity contribution in [1.82, 2.24) is 9.97 Å². The van der Waals surface area contributed by atoms with Crippen LogP contribution in [0.3, 0.4) is 0 Å². The quantitative estimate of drug-likeness (QED) is 0.864. The molecule has 20 heavy (non-hydrogen) atoms. The lowest BCUT2D eigenvalue weighted by atomic mass is 10.0. The average molecular weight is 270 g/mol. The second-order valence-electron chi connectivity index (χ2n) is 4.65. The molecule has 0 saturated carbocycles. The normalized spacial score (nSPS) is 10.6. The molecule has 102 valence electrons. The van der Waals surface area contributed by atoms with E-state index < -0.39 is 5.97 Å². The Balaban J connectivity index is 2.54. The van der Waals surface area contributed by atoms with Crippen LogP contribution in [0.5, 0.6) is 0 Å². The first-order valence-electron chi connectivity index (χ1n) is 6.20. The molecule has 0 spiro atoms. The van der Waals surface area contributed by atoms with Crippen molar-refractivity contribution in [2.24, 2.45) is 5.92 Å². The number of Topliss-reactive ketones (excluding diaryl/α,β-unsaturated/α-hetero) is 1. The maximum absolute atomic E-state index is 12.0. The summed E-state index contributed by atoms with van der Waals surface area (Å²) in [6.45, 7) is 3.41. The van der Waals surface area contributed by atoms with Crippen LogP contribution in [-0.2, 0) is 0 Å². The zero-order valence-corrected chi connectivity index (χ0v) is 11.2. The SMILES string of the molecule is CC(C)C(=O)c1cnc(-c2ccccc2)nc1C(=O)O. The number of rotatable bonds is 4. The predicted molar refractivity (Wildman–Crippen MR) is 73.6 cm³/mol. The van der Waals surface area contributed by atoms with Crippen molar-refractivity contribution >= 4 is 11.8 Å². The fraction of sp³-hybridized carbons (Fsp3) is 0.200. The molecule has 0 aliphatic carbocycles. The number of benzene rings is 1. The van der Waals surface area contributed by atoms with E-state index in [9.17, 15) is 14.7 Å². The summed E-state index contributed by atoms with van der Waals surface area (Å²) in [4.78, 5) is 31.4. The Morgan fingerprint density at radius 1 is 1.15 bits per heavy atom. The van der Waals surface area contributed by atoms with E-state index in [2.05, 4.69) is 9.97 Å². The van der Waals surface area contributed by atoms with Gasteiger partial charge in [0, 0.05) is 17.7 Å². The summed E-state index contributed by atoms with van der Waals surface area (Å²) in [6, 6.07) is 9.03. The highest BCUT2D eigenvalue weighted by molar-refractivity contribution is 6.05. The van der Waals surface area contributed by atoms with E-state index in [1.165, 1.54) is 6.20 Å². The largest absolute Gasteiger partial charge is 0.476 e. The molecule has 0 aliphatic heterocycles. The van der Waals surface area contributed by atoms with E-state index in [-0.39, 0.29) is 23.0 Å². The van der Waals surface area contributed by atoms with Gasteiger partial charge in [0.1, 0.15) is 0 Å². The predicted octanol–water partition coefficient (Wildman–Crippen LogP) is 2.68. The number of aromatic carboxylic acids is 1. The van der Waals surface area contributed by atoms with Crippen molar-refractivity contribution in [3.8, 4) is 11.4 Å². The molecule has 0 unspecified atom stereocenters. The molecule has 1 aromatic heterocycles. The molecule has 0 atom stereocenters. The van der Waals surface area contributed by atoms with Crippen molar-refractivity contribution in [2.45, 2.75) is 13.8 Å². The van der Waals surface area contributed by atoms with Crippen molar-refractivity contribution in [3.63, 3.8) is 0 Å². The number of carboxylic acids is 1. The van der Waals surface area contributed by atoms with Gasteiger partial charge in [-0.15, -0.1) is 0 Å². The van der Waals surface area contributed by atoms with Gasteiger partial charge in [0.2, 0.25) is 0 Å². The Hall–Kier alpha value is -2.56. The Kier molecular flexibility index (Phi) is 3.89. The molecule has 2 aromatic rings. The highest BCUT2D eigenvalue weighted by Crippen LogP contribution is 2.18. The maximum Gasteiger partial charge on any atom is 0.355 e. The lowest BCUT2D eigenvalue weighted by Gasteiger charge is -2.08. The Morgan fingerprint density at radius 3 is 2.35 bits per heavy atom. The summed E-state index contributed by atoms with van der Waals surface area (Å²) < 4.78 is 0. The lowest BCUT2D eigenvalue weighted by Crippen LogP contribution is -2.16. The number of nitrogens with zero attached hydrogens (tertiary/aromatic N) is 2. The van der Waals surface area contributed by atoms with Gasteiger partial charge in [-0.25, -0.2) is 14.8 Å².